The summed E-state index contributed by atoms with van der Waals surface area (Å²) in [5.74, 6) is 0. The smallest absolute Gasteiger partial charge is 0.0463 e. The van der Waals surface area contributed by atoms with Gasteiger partial charge in [-0.3, -0.25) is 4.98 Å². The highest BCUT2D eigenvalue weighted by molar-refractivity contribution is 5.22. The van der Waals surface area contributed by atoms with Crippen molar-refractivity contribution in [1.29, 1.82) is 0 Å². The molecule has 0 aromatic carbocycles. The average molecular weight is 162 g/mol. The van der Waals surface area contributed by atoms with Crippen molar-refractivity contribution < 1.29 is 0 Å². The van der Waals surface area contributed by atoms with Crippen LogP contribution in [0.5, 0.6) is 0 Å². The normalized spacial score (nSPS) is 21.9. The van der Waals surface area contributed by atoms with E-state index in [0.717, 1.165) is 13.0 Å². The third-order valence-corrected chi connectivity index (χ3v) is 2.50. The van der Waals surface area contributed by atoms with Gasteiger partial charge in [0.25, 0.3) is 0 Å². The van der Waals surface area contributed by atoms with Gasteiger partial charge in [-0.05, 0) is 18.1 Å². The molecule has 1 unspecified atom stereocenters. The number of nitrogens with one attached hydrogen (secondary N) is 1. The second kappa shape index (κ2) is 3.23. The molecule has 0 saturated carbocycles. The van der Waals surface area contributed by atoms with Crippen LogP contribution >= 0.6 is 0 Å². The van der Waals surface area contributed by atoms with Crippen molar-refractivity contribution in [2.24, 2.45) is 0 Å². The molecule has 2 nitrogen and oxygen atoms in total. The van der Waals surface area contributed by atoms with Gasteiger partial charge in [-0.2, -0.15) is 0 Å². The van der Waals surface area contributed by atoms with E-state index < -0.39 is 0 Å². The molecule has 2 heteroatoms. The Morgan fingerprint density at radius 2 is 2.58 bits per heavy atom. The number of aromatic nitrogens is 1. The molecule has 64 valence electrons. The first-order chi connectivity index (χ1) is 5.90. The van der Waals surface area contributed by atoms with Crippen LogP contribution < -0.4 is 5.32 Å². The van der Waals surface area contributed by atoms with Gasteiger partial charge < -0.3 is 5.32 Å². The molecular formula is C10H14N2. The standard InChI is InChI=1S/C10H14N2/c1-2-9-6-10-8(7-12-9)4-3-5-11-10/h3-5,9,12H,2,6-7H2,1H3. The summed E-state index contributed by atoms with van der Waals surface area (Å²) < 4.78 is 0. The van der Waals surface area contributed by atoms with E-state index in [-0.39, 0.29) is 0 Å². The molecule has 0 aliphatic carbocycles. The van der Waals surface area contributed by atoms with Gasteiger partial charge in [0.2, 0.25) is 0 Å². The fourth-order valence-electron chi connectivity index (χ4n) is 1.66. The van der Waals surface area contributed by atoms with Gasteiger partial charge >= 0.3 is 0 Å². The number of nitrogens with zero attached hydrogens (tertiary/aromatic N) is 1. The minimum Gasteiger partial charge on any atom is -0.309 e. The maximum atomic E-state index is 4.38. The quantitative estimate of drug-likeness (QED) is 0.677. The highest BCUT2D eigenvalue weighted by Gasteiger charge is 2.16. The first kappa shape index (κ1) is 7.74. The third-order valence-electron chi connectivity index (χ3n) is 2.50. The maximum Gasteiger partial charge on any atom is 0.0463 e. The largest absolute Gasteiger partial charge is 0.309 e. The Bertz CT molecular complexity index is 270. The lowest BCUT2D eigenvalue weighted by Crippen LogP contribution is -2.35. The Balaban J connectivity index is 2.23. The van der Waals surface area contributed by atoms with Gasteiger partial charge in [0.1, 0.15) is 0 Å². The molecule has 0 fully saturated rings. The van der Waals surface area contributed by atoms with Gasteiger partial charge in [-0.15, -0.1) is 0 Å². The molecule has 2 rings (SSSR count). The first-order valence-corrected chi connectivity index (χ1v) is 4.56. The van der Waals surface area contributed by atoms with E-state index >= 15 is 0 Å². The van der Waals surface area contributed by atoms with Crippen LogP contribution in [-0.4, -0.2) is 11.0 Å². The lowest BCUT2D eigenvalue weighted by molar-refractivity contribution is 0.461. The topological polar surface area (TPSA) is 24.9 Å². The highest BCUT2D eigenvalue weighted by Crippen LogP contribution is 2.14. The lowest BCUT2D eigenvalue weighted by Gasteiger charge is -2.23. The Hall–Kier alpha value is -0.890. The van der Waals surface area contributed by atoms with Crippen molar-refractivity contribution in [3.63, 3.8) is 0 Å². The van der Waals surface area contributed by atoms with Crippen LogP contribution in [0.3, 0.4) is 0 Å². The monoisotopic (exact) mass is 162 g/mol. The summed E-state index contributed by atoms with van der Waals surface area (Å²) in [7, 11) is 0. The van der Waals surface area contributed by atoms with E-state index in [9.17, 15) is 0 Å². The van der Waals surface area contributed by atoms with E-state index in [1.807, 2.05) is 12.3 Å². The lowest BCUT2D eigenvalue weighted by atomic mass is 10.00. The van der Waals surface area contributed by atoms with Gasteiger partial charge in [0, 0.05) is 30.9 Å². The van der Waals surface area contributed by atoms with E-state index in [2.05, 4.69) is 23.3 Å². The number of rotatable bonds is 1. The summed E-state index contributed by atoms with van der Waals surface area (Å²) in [5.41, 5.74) is 2.64. The van der Waals surface area contributed by atoms with Gasteiger partial charge in [-0.1, -0.05) is 13.0 Å². The summed E-state index contributed by atoms with van der Waals surface area (Å²) in [6.07, 6.45) is 4.17. The fraction of sp³-hybridized carbons (Fsp3) is 0.500. The number of hydrogen-bond acceptors (Lipinski definition) is 2. The summed E-state index contributed by atoms with van der Waals surface area (Å²) >= 11 is 0. The van der Waals surface area contributed by atoms with E-state index in [4.69, 9.17) is 0 Å². The summed E-state index contributed by atoms with van der Waals surface area (Å²) in [6.45, 7) is 3.20. The minimum atomic E-state index is 0.632. The molecule has 0 saturated heterocycles. The fourth-order valence-corrected chi connectivity index (χ4v) is 1.66. The zero-order valence-electron chi connectivity index (χ0n) is 7.38. The molecule has 1 aliphatic rings. The first-order valence-electron chi connectivity index (χ1n) is 4.56. The molecule has 2 heterocycles. The predicted molar refractivity (Wildman–Crippen MR) is 48.9 cm³/mol. The molecule has 0 spiro atoms. The Kier molecular flexibility index (Phi) is 2.09. The van der Waals surface area contributed by atoms with E-state index in [0.29, 0.717) is 6.04 Å². The van der Waals surface area contributed by atoms with Gasteiger partial charge in [0.15, 0.2) is 0 Å². The average Bonchev–Trinajstić information content (AvgIpc) is 2.17. The molecule has 1 atom stereocenters. The predicted octanol–water partition coefficient (Wildman–Crippen LogP) is 1.51. The zero-order valence-corrected chi connectivity index (χ0v) is 7.38. The summed E-state index contributed by atoms with van der Waals surface area (Å²) in [6, 6.07) is 4.79. The number of pyridine rings is 1. The third kappa shape index (κ3) is 1.34. The van der Waals surface area contributed by atoms with Gasteiger partial charge in [0.05, 0.1) is 0 Å². The molecule has 0 bridgehead atoms. The maximum absolute atomic E-state index is 4.38. The van der Waals surface area contributed by atoms with Crippen LogP contribution in [0.4, 0.5) is 0 Å². The van der Waals surface area contributed by atoms with Crippen molar-refractivity contribution in [3.8, 4) is 0 Å². The summed E-state index contributed by atoms with van der Waals surface area (Å²) in [5, 5.41) is 3.48. The summed E-state index contributed by atoms with van der Waals surface area (Å²) in [4.78, 5) is 4.38. The SMILES string of the molecule is CCC1Cc2ncccc2CN1. The van der Waals surface area contributed by atoms with Crippen molar-refractivity contribution in [2.75, 3.05) is 0 Å². The Morgan fingerprint density at radius 1 is 1.67 bits per heavy atom. The molecular weight excluding hydrogens is 148 g/mol. The van der Waals surface area contributed by atoms with Crippen LogP contribution in [0, 0.1) is 0 Å². The Morgan fingerprint density at radius 3 is 3.42 bits per heavy atom. The molecule has 0 radical (unpaired) electrons. The van der Waals surface area contributed by atoms with Crippen LogP contribution in [0.2, 0.25) is 0 Å². The highest BCUT2D eigenvalue weighted by atomic mass is 14.9. The number of hydrogen-bond donors (Lipinski definition) is 1. The molecule has 1 aromatic heterocycles. The van der Waals surface area contributed by atoms with Crippen LogP contribution in [0.15, 0.2) is 18.3 Å². The van der Waals surface area contributed by atoms with Crippen molar-refractivity contribution in [3.05, 3.63) is 29.6 Å². The second-order valence-electron chi connectivity index (χ2n) is 3.30. The molecule has 1 aromatic rings. The van der Waals surface area contributed by atoms with Crippen molar-refractivity contribution in [2.45, 2.75) is 32.4 Å². The van der Waals surface area contributed by atoms with E-state index in [1.165, 1.54) is 17.7 Å². The number of fused-ring (bicyclic) bond motifs is 1. The molecule has 12 heavy (non-hydrogen) atoms. The molecule has 1 N–H and O–H groups in total. The van der Waals surface area contributed by atoms with Gasteiger partial charge in [-0.25, -0.2) is 0 Å². The molecule has 0 amide bonds. The van der Waals surface area contributed by atoms with Crippen molar-refractivity contribution in [1.82, 2.24) is 10.3 Å². The van der Waals surface area contributed by atoms with Crippen LogP contribution in [0.25, 0.3) is 0 Å². The van der Waals surface area contributed by atoms with E-state index in [1.54, 1.807) is 0 Å². The van der Waals surface area contributed by atoms with Crippen molar-refractivity contribution >= 4 is 0 Å². The minimum absolute atomic E-state index is 0.632. The Labute approximate surface area is 73.0 Å². The zero-order chi connectivity index (χ0) is 8.39. The molecule has 1 aliphatic heterocycles. The van der Waals surface area contributed by atoms with Crippen LogP contribution in [-0.2, 0) is 13.0 Å². The second-order valence-corrected chi connectivity index (χ2v) is 3.30. The van der Waals surface area contributed by atoms with Crippen LogP contribution in [0.1, 0.15) is 24.6 Å².